The highest BCUT2D eigenvalue weighted by Crippen LogP contribution is 2.36. The molecule has 0 radical (unpaired) electrons. The highest BCUT2D eigenvalue weighted by Gasteiger charge is 2.24. The number of nitrogens with zero attached hydrogens (tertiary/aromatic N) is 1. The second-order valence-corrected chi connectivity index (χ2v) is 8.78. The van der Waals surface area contributed by atoms with Crippen molar-refractivity contribution in [3.63, 3.8) is 0 Å². The van der Waals surface area contributed by atoms with Gasteiger partial charge in [0.2, 0.25) is 5.91 Å². The van der Waals surface area contributed by atoms with Crippen molar-refractivity contribution in [1.29, 1.82) is 0 Å². The summed E-state index contributed by atoms with van der Waals surface area (Å²) in [6.07, 6.45) is 1.71. The summed E-state index contributed by atoms with van der Waals surface area (Å²) >= 11 is 0. The molecule has 5 rings (SSSR count). The number of hydrogen-bond donors (Lipinski definition) is 3. The van der Waals surface area contributed by atoms with Gasteiger partial charge in [-0.3, -0.25) is 19.9 Å². The van der Waals surface area contributed by atoms with Crippen LogP contribution in [0.5, 0.6) is 0 Å². The fraction of sp³-hybridized carbons (Fsp3) is 0.179. The average Bonchev–Trinajstić information content (AvgIpc) is 3.03. The van der Waals surface area contributed by atoms with E-state index in [0.29, 0.717) is 11.3 Å². The number of pyridine rings is 1. The number of amides is 2. The molecule has 1 aromatic heterocycles. The van der Waals surface area contributed by atoms with E-state index in [9.17, 15) is 9.59 Å². The van der Waals surface area contributed by atoms with Gasteiger partial charge >= 0.3 is 0 Å². The van der Waals surface area contributed by atoms with Gasteiger partial charge < -0.3 is 10.6 Å². The summed E-state index contributed by atoms with van der Waals surface area (Å²) in [6, 6.07) is 23.3. The Morgan fingerprint density at radius 2 is 1.72 bits per heavy atom. The molecule has 0 aliphatic carbocycles. The van der Waals surface area contributed by atoms with Crippen molar-refractivity contribution < 1.29 is 9.59 Å². The molecule has 0 spiro atoms. The normalized spacial score (nSPS) is 14.6. The van der Waals surface area contributed by atoms with Crippen LogP contribution < -0.4 is 16.0 Å². The van der Waals surface area contributed by atoms with Crippen LogP contribution in [0.25, 0.3) is 10.8 Å². The maximum absolute atomic E-state index is 12.9. The number of hydrogen-bond acceptors (Lipinski definition) is 4. The van der Waals surface area contributed by atoms with Crippen LogP contribution in [-0.4, -0.2) is 23.3 Å². The molecule has 2 amide bonds. The summed E-state index contributed by atoms with van der Waals surface area (Å²) in [7, 11) is 0. The van der Waals surface area contributed by atoms with Crippen molar-refractivity contribution in [2.75, 3.05) is 17.2 Å². The number of halogens is 2. The van der Waals surface area contributed by atoms with Gasteiger partial charge in [0, 0.05) is 17.3 Å². The van der Waals surface area contributed by atoms with Gasteiger partial charge in [0.1, 0.15) is 0 Å². The molecule has 2 heterocycles. The predicted octanol–water partition coefficient (Wildman–Crippen LogP) is 6.09. The molecule has 6 nitrogen and oxygen atoms in total. The molecule has 36 heavy (non-hydrogen) atoms. The zero-order valence-corrected chi connectivity index (χ0v) is 21.6. The number of benzene rings is 3. The Bertz CT molecular complexity index is 1390. The molecule has 1 unspecified atom stereocenters. The van der Waals surface area contributed by atoms with E-state index in [1.54, 1.807) is 18.3 Å². The Kier molecular flexibility index (Phi) is 8.69. The Labute approximate surface area is 222 Å². The number of carbonyl (C=O) groups is 2. The first-order chi connectivity index (χ1) is 16.5. The van der Waals surface area contributed by atoms with Gasteiger partial charge in [-0.15, -0.1) is 24.8 Å². The second kappa shape index (κ2) is 11.5. The SMILES string of the molecule is CC(C)c1ncccc1C(=O)Nc1ccc(C2NCC(=O)Nc3c2ccc2ccccc32)cc1.Cl.Cl. The van der Waals surface area contributed by atoms with Crippen molar-refractivity contribution in [2.45, 2.75) is 25.8 Å². The molecule has 4 aromatic rings. The Hall–Kier alpha value is -3.45. The molecule has 186 valence electrons. The average molecular weight is 523 g/mol. The first-order valence-electron chi connectivity index (χ1n) is 11.4. The highest BCUT2D eigenvalue weighted by molar-refractivity contribution is 6.06. The van der Waals surface area contributed by atoms with Gasteiger partial charge in [0.25, 0.3) is 5.91 Å². The van der Waals surface area contributed by atoms with Crippen LogP contribution in [0.3, 0.4) is 0 Å². The van der Waals surface area contributed by atoms with Gasteiger partial charge in [-0.05, 0) is 46.7 Å². The van der Waals surface area contributed by atoms with Gasteiger partial charge in [0.05, 0.1) is 29.5 Å². The molecule has 3 N–H and O–H groups in total. The smallest absolute Gasteiger partial charge is 0.257 e. The molecule has 0 saturated heterocycles. The minimum atomic E-state index is -0.177. The highest BCUT2D eigenvalue weighted by atomic mass is 35.5. The summed E-state index contributed by atoms with van der Waals surface area (Å²) in [5.74, 6) is -0.0942. The summed E-state index contributed by atoms with van der Waals surface area (Å²) in [5, 5.41) is 11.5. The van der Waals surface area contributed by atoms with E-state index in [-0.39, 0.29) is 55.1 Å². The van der Waals surface area contributed by atoms with Crippen molar-refractivity contribution in [3.05, 3.63) is 101 Å². The second-order valence-electron chi connectivity index (χ2n) is 8.78. The van der Waals surface area contributed by atoms with E-state index in [4.69, 9.17) is 0 Å². The maximum atomic E-state index is 12.9. The van der Waals surface area contributed by atoms with E-state index in [2.05, 4.69) is 33.1 Å². The Morgan fingerprint density at radius 3 is 2.47 bits per heavy atom. The molecule has 8 heteroatoms. The van der Waals surface area contributed by atoms with Crippen LogP contribution in [0.4, 0.5) is 11.4 Å². The molecular formula is C28H28Cl2N4O2. The molecular weight excluding hydrogens is 495 g/mol. The fourth-order valence-electron chi connectivity index (χ4n) is 4.48. The first-order valence-corrected chi connectivity index (χ1v) is 11.4. The summed E-state index contributed by atoms with van der Waals surface area (Å²) in [5.41, 5.74) is 4.92. The lowest BCUT2D eigenvalue weighted by Gasteiger charge is -2.20. The van der Waals surface area contributed by atoms with Gasteiger partial charge in [0.15, 0.2) is 0 Å². The predicted molar refractivity (Wildman–Crippen MR) is 150 cm³/mol. The number of rotatable bonds is 4. The van der Waals surface area contributed by atoms with Crippen molar-refractivity contribution in [3.8, 4) is 0 Å². The fourth-order valence-corrected chi connectivity index (χ4v) is 4.48. The molecule has 1 atom stereocenters. The van der Waals surface area contributed by atoms with E-state index < -0.39 is 0 Å². The summed E-state index contributed by atoms with van der Waals surface area (Å²) in [6.45, 7) is 4.26. The summed E-state index contributed by atoms with van der Waals surface area (Å²) in [4.78, 5) is 29.7. The molecule has 1 aliphatic heterocycles. The number of aromatic nitrogens is 1. The van der Waals surface area contributed by atoms with Crippen molar-refractivity contribution >= 4 is 58.8 Å². The molecule has 3 aromatic carbocycles. The van der Waals surface area contributed by atoms with Crippen molar-refractivity contribution in [1.82, 2.24) is 10.3 Å². The van der Waals surface area contributed by atoms with Gasteiger partial charge in [-0.25, -0.2) is 0 Å². The third kappa shape index (κ3) is 5.36. The minimum absolute atomic E-state index is 0. The van der Waals surface area contributed by atoms with Crippen molar-refractivity contribution in [2.24, 2.45) is 0 Å². The Balaban J connectivity index is 0.00000180. The molecule has 1 aliphatic rings. The zero-order valence-electron chi connectivity index (χ0n) is 19.9. The van der Waals surface area contributed by atoms with E-state index in [1.165, 1.54) is 0 Å². The standard InChI is InChI=1S/C28H26N4O2.2ClH/c1-17(2)25-23(8-5-15-29-25)28(34)31-20-12-9-19(10-13-20)26-22-14-11-18-6-3-4-7-21(18)27(22)32-24(33)16-30-26;;/h3-15,17,26,30H,16H2,1-2H3,(H,31,34)(H,32,33);2*1H. The van der Waals surface area contributed by atoms with Crippen LogP contribution in [0.2, 0.25) is 0 Å². The maximum Gasteiger partial charge on any atom is 0.257 e. The number of fused-ring (bicyclic) bond motifs is 3. The molecule has 0 saturated carbocycles. The third-order valence-corrected chi connectivity index (χ3v) is 6.14. The monoisotopic (exact) mass is 522 g/mol. The van der Waals surface area contributed by atoms with Gasteiger partial charge in [-0.2, -0.15) is 0 Å². The topological polar surface area (TPSA) is 83.1 Å². The third-order valence-electron chi connectivity index (χ3n) is 6.14. The van der Waals surface area contributed by atoms with E-state index in [1.807, 2.05) is 62.4 Å². The van der Waals surface area contributed by atoms with Crippen LogP contribution in [-0.2, 0) is 4.79 Å². The van der Waals surface area contributed by atoms with Crippen LogP contribution in [0.1, 0.15) is 53.0 Å². The number of carbonyl (C=O) groups excluding carboxylic acids is 2. The van der Waals surface area contributed by atoms with Crippen LogP contribution >= 0.6 is 24.8 Å². The lowest BCUT2D eigenvalue weighted by Crippen LogP contribution is -2.27. The zero-order chi connectivity index (χ0) is 23.7. The minimum Gasteiger partial charge on any atom is -0.324 e. The Morgan fingerprint density at radius 1 is 0.972 bits per heavy atom. The lowest BCUT2D eigenvalue weighted by molar-refractivity contribution is -0.115. The lowest BCUT2D eigenvalue weighted by atomic mass is 9.94. The largest absolute Gasteiger partial charge is 0.324 e. The van der Waals surface area contributed by atoms with Crippen LogP contribution in [0.15, 0.2) is 79.0 Å². The number of nitrogens with one attached hydrogen (secondary N) is 3. The molecule has 0 fully saturated rings. The number of anilines is 2. The molecule has 0 bridgehead atoms. The first kappa shape index (κ1) is 27.1. The van der Waals surface area contributed by atoms with Crippen LogP contribution in [0, 0.1) is 0 Å². The summed E-state index contributed by atoms with van der Waals surface area (Å²) < 4.78 is 0. The van der Waals surface area contributed by atoms with E-state index in [0.717, 1.165) is 33.3 Å². The van der Waals surface area contributed by atoms with Gasteiger partial charge in [-0.1, -0.05) is 62.4 Å². The quantitative estimate of drug-likeness (QED) is 0.303. The van der Waals surface area contributed by atoms with E-state index >= 15 is 0 Å².